The maximum atomic E-state index is 12.7. The highest BCUT2D eigenvalue weighted by Crippen LogP contribution is 2.22. The van der Waals surface area contributed by atoms with Crippen LogP contribution in [-0.4, -0.2) is 20.9 Å². The van der Waals surface area contributed by atoms with E-state index in [4.69, 9.17) is 0 Å². The molecule has 0 saturated carbocycles. The molecule has 36 heavy (non-hydrogen) atoms. The van der Waals surface area contributed by atoms with E-state index in [-0.39, 0.29) is 5.91 Å². The van der Waals surface area contributed by atoms with E-state index in [0.717, 1.165) is 28.2 Å². The lowest BCUT2D eigenvalue weighted by atomic mass is 10.0. The number of hydrogen-bond acceptors (Lipinski definition) is 6. The Kier molecular flexibility index (Phi) is 6.62. The van der Waals surface area contributed by atoms with E-state index in [1.807, 2.05) is 97.9 Å². The molecule has 176 valence electrons. The lowest BCUT2D eigenvalue weighted by Crippen LogP contribution is -2.11. The van der Waals surface area contributed by atoms with Gasteiger partial charge in [0.25, 0.3) is 5.91 Å². The first-order valence-corrected chi connectivity index (χ1v) is 11.5. The van der Waals surface area contributed by atoms with Gasteiger partial charge in [0.1, 0.15) is 23.8 Å². The maximum absolute atomic E-state index is 12.7. The summed E-state index contributed by atoms with van der Waals surface area (Å²) in [6, 6.07) is 30.8. The van der Waals surface area contributed by atoms with Crippen LogP contribution in [0.25, 0.3) is 11.1 Å². The first kappa shape index (κ1) is 22.7. The molecule has 0 unspecified atom stereocenters. The van der Waals surface area contributed by atoms with Crippen molar-refractivity contribution < 1.29 is 4.79 Å². The Balaban J connectivity index is 1.20. The summed E-state index contributed by atoms with van der Waals surface area (Å²) in [4.78, 5) is 25.5. The van der Waals surface area contributed by atoms with Crippen LogP contribution in [0.2, 0.25) is 0 Å². The molecular weight excluding hydrogens is 448 g/mol. The van der Waals surface area contributed by atoms with Crippen molar-refractivity contribution in [3.63, 3.8) is 0 Å². The summed E-state index contributed by atoms with van der Waals surface area (Å²) in [5, 5.41) is 9.37. The predicted octanol–water partition coefficient (Wildman–Crippen LogP) is 6.59. The molecule has 1 amide bonds. The lowest BCUT2D eigenvalue weighted by molar-refractivity contribution is 0.102. The summed E-state index contributed by atoms with van der Waals surface area (Å²) in [6.45, 7) is 2.01. The van der Waals surface area contributed by atoms with Gasteiger partial charge in [0.15, 0.2) is 0 Å². The number of aryl methyl sites for hydroxylation is 1. The third-order valence-corrected chi connectivity index (χ3v) is 5.51. The number of nitrogens with zero attached hydrogens (tertiary/aromatic N) is 3. The fraction of sp³-hybridized carbons (Fsp3) is 0.0345. The summed E-state index contributed by atoms with van der Waals surface area (Å²) in [7, 11) is 0. The quantitative estimate of drug-likeness (QED) is 0.248. The van der Waals surface area contributed by atoms with Crippen molar-refractivity contribution in [1.29, 1.82) is 0 Å². The minimum atomic E-state index is -0.161. The number of pyridine rings is 1. The van der Waals surface area contributed by atoms with Crippen LogP contribution in [0.5, 0.6) is 0 Å². The Hall–Kier alpha value is -5.04. The molecule has 0 aliphatic carbocycles. The van der Waals surface area contributed by atoms with Gasteiger partial charge in [-0.3, -0.25) is 4.79 Å². The predicted molar refractivity (Wildman–Crippen MR) is 144 cm³/mol. The van der Waals surface area contributed by atoms with Crippen molar-refractivity contribution in [1.82, 2.24) is 15.0 Å². The molecule has 3 N–H and O–H groups in total. The molecule has 0 radical (unpaired) electrons. The molecule has 2 heterocycles. The topological polar surface area (TPSA) is 91.8 Å². The van der Waals surface area contributed by atoms with Crippen molar-refractivity contribution >= 4 is 34.7 Å². The normalized spacial score (nSPS) is 10.5. The largest absolute Gasteiger partial charge is 0.340 e. The van der Waals surface area contributed by atoms with Gasteiger partial charge in [-0.05, 0) is 72.1 Å². The standard InChI is InChI=1S/C29H24N6O/c1-20-15-16-30-26(17-20)35-28-18-27(31-19-32-28)33-24-11-13-25(14-12-24)34-29(36)23-9-7-22(8-10-23)21-5-3-2-4-6-21/h2-19H,1H3,(H,34,36)(H2,30,31,32,33,35). The Labute approximate surface area is 209 Å². The second kappa shape index (κ2) is 10.5. The molecule has 0 aliphatic heterocycles. The molecule has 7 heteroatoms. The highest BCUT2D eigenvalue weighted by atomic mass is 16.1. The Morgan fingerprint density at radius 3 is 2.00 bits per heavy atom. The molecule has 0 fully saturated rings. The van der Waals surface area contributed by atoms with Crippen LogP contribution >= 0.6 is 0 Å². The van der Waals surface area contributed by atoms with Crippen LogP contribution < -0.4 is 16.0 Å². The first-order chi connectivity index (χ1) is 17.6. The van der Waals surface area contributed by atoms with E-state index in [2.05, 4.69) is 30.9 Å². The summed E-state index contributed by atoms with van der Waals surface area (Å²) in [5.74, 6) is 1.82. The van der Waals surface area contributed by atoms with Gasteiger partial charge in [0, 0.05) is 29.2 Å². The van der Waals surface area contributed by atoms with Gasteiger partial charge in [0.2, 0.25) is 0 Å². The van der Waals surface area contributed by atoms with Crippen molar-refractivity contribution in [3.05, 3.63) is 121 Å². The monoisotopic (exact) mass is 472 g/mol. The number of aromatic nitrogens is 3. The number of amides is 1. The highest BCUT2D eigenvalue weighted by Gasteiger charge is 2.07. The van der Waals surface area contributed by atoms with E-state index in [1.165, 1.54) is 6.33 Å². The van der Waals surface area contributed by atoms with Crippen molar-refractivity contribution in [3.8, 4) is 11.1 Å². The summed E-state index contributed by atoms with van der Waals surface area (Å²) >= 11 is 0. The summed E-state index contributed by atoms with van der Waals surface area (Å²) < 4.78 is 0. The first-order valence-electron chi connectivity index (χ1n) is 11.5. The van der Waals surface area contributed by atoms with Crippen LogP contribution in [0.4, 0.5) is 28.8 Å². The van der Waals surface area contributed by atoms with Gasteiger partial charge < -0.3 is 16.0 Å². The highest BCUT2D eigenvalue weighted by molar-refractivity contribution is 6.04. The van der Waals surface area contributed by atoms with Gasteiger partial charge in [-0.1, -0.05) is 42.5 Å². The van der Waals surface area contributed by atoms with E-state index >= 15 is 0 Å². The number of hydrogen-bond donors (Lipinski definition) is 3. The van der Waals surface area contributed by atoms with E-state index in [0.29, 0.717) is 22.9 Å². The van der Waals surface area contributed by atoms with Gasteiger partial charge in [-0.25, -0.2) is 15.0 Å². The number of carbonyl (C=O) groups is 1. The van der Waals surface area contributed by atoms with Gasteiger partial charge in [-0.2, -0.15) is 0 Å². The molecule has 2 aromatic heterocycles. The van der Waals surface area contributed by atoms with Crippen LogP contribution in [0.1, 0.15) is 15.9 Å². The zero-order valence-electron chi connectivity index (χ0n) is 19.6. The zero-order valence-corrected chi connectivity index (χ0v) is 19.6. The molecule has 7 nitrogen and oxygen atoms in total. The lowest BCUT2D eigenvalue weighted by Gasteiger charge is -2.10. The fourth-order valence-electron chi connectivity index (χ4n) is 3.66. The summed E-state index contributed by atoms with van der Waals surface area (Å²) in [5.41, 5.74) is 5.43. The second-order valence-corrected chi connectivity index (χ2v) is 8.23. The van der Waals surface area contributed by atoms with Gasteiger partial charge in [0.05, 0.1) is 0 Å². The van der Waals surface area contributed by atoms with Crippen LogP contribution in [-0.2, 0) is 0 Å². The molecule has 0 aliphatic rings. The third kappa shape index (κ3) is 5.71. The Morgan fingerprint density at radius 1 is 0.639 bits per heavy atom. The third-order valence-electron chi connectivity index (χ3n) is 5.51. The Morgan fingerprint density at radius 2 is 1.28 bits per heavy atom. The van der Waals surface area contributed by atoms with E-state index < -0.39 is 0 Å². The number of rotatable bonds is 7. The smallest absolute Gasteiger partial charge is 0.255 e. The fourth-order valence-corrected chi connectivity index (χ4v) is 3.66. The maximum Gasteiger partial charge on any atom is 0.255 e. The molecule has 3 aromatic carbocycles. The average molecular weight is 473 g/mol. The number of nitrogens with one attached hydrogen (secondary N) is 3. The molecule has 0 spiro atoms. The minimum Gasteiger partial charge on any atom is -0.340 e. The number of carbonyl (C=O) groups excluding carboxylic acids is 1. The van der Waals surface area contributed by atoms with Crippen LogP contribution in [0.15, 0.2) is 110 Å². The molecule has 0 bridgehead atoms. The average Bonchev–Trinajstić information content (AvgIpc) is 2.91. The number of benzene rings is 3. The van der Waals surface area contributed by atoms with Gasteiger partial charge in [-0.15, -0.1) is 0 Å². The molecule has 0 atom stereocenters. The van der Waals surface area contributed by atoms with Crippen LogP contribution in [0, 0.1) is 6.92 Å². The Bertz CT molecular complexity index is 1470. The summed E-state index contributed by atoms with van der Waals surface area (Å²) in [6.07, 6.45) is 3.23. The minimum absolute atomic E-state index is 0.161. The van der Waals surface area contributed by atoms with Crippen molar-refractivity contribution in [2.75, 3.05) is 16.0 Å². The van der Waals surface area contributed by atoms with Crippen molar-refractivity contribution in [2.45, 2.75) is 6.92 Å². The van der Waals surface area contributed by atoms with Gasteiger partial charge >= 0.3 is 0 Å². The van der Waals surface area contributed by atoms with Crippen molar-refractivity contribution in [2.24, 2.45) is 0 Å². The molecule has 0 saturated heterocycles. The second-order valence-electron chi connectivity index (χ2n) is 8.23. The van der Waals surface area contributed by atoms with E-state index in [9.17, 15) is 4.79 Å². The molecule has 5 aromatic rings. The SMILES string of the molecule is Cc1ccnc(Nc2cc(Nc3ccc(NC(=O)c4ccc(-c5ccccc5)cc4)cc3)ncn2)c1. The zero-order chi connectivity index (χ0) is 24.7. The van der Waals surface area contributed by atoms with E-state index in [1.54, 1.807) is 12.3 Å². The molecule has 5 rings (SSSR count). The van der Waals surface area contributed by atoms with Crippen LogP contribution in [0.3, 0.4) is 0 Å². The number of anilines is 5. The molecular formula is C29H24N6O.